The fourth-order valence-corrected chi connectivity index (χ4v) is 3.47. The summed E-state index contributed by atoms with van der Waals surface area (Å²) in [4.78, 5) is 29.9. The standard InChI is InChI=1S/C19H23N7O2/c1-24-18-15(12-21-24)19(23-17(22-18)14-4-6-20-7-5-14)26-9-3-8-25(10-11-26)16(27)13-28-2/h4-7,12H,3,8-11,13H2,1-2H3. The van der Waals surface area contributed by atoms with Crippen LogP contribution in [0.3, 0.4) is 0 Å². The van der Waals surface area contributed by atoms with E-state index in [0.29, 0.717) is 18.9 Å². The molecule has 0 spiro atoms. The van der Waals surface area contributed by atoms with E-state index in [1.807, 2.05) is 24.1 Å². The van der Waals surface area contributed by atoms with Gasteiger partial charge in [-0.15, -0.1) is 0 Å². The van der Waals surface area contributed by atoms with Gasteiger partial charge in [0, 0.05) is 58.3 Å². The van der Waals surface area contributed by atoms with Crippen LogP contribution in [0.4, 0.5) is 5.82 Å². The van der Waals surface area contributed by atoms with Crippen molar-refractivity contribution < 1.29 is 9.53 Å². The molecule has 0 N–H and O–H groups in total. The van der Waals surface area contributed by atoms with Crippen molar-refractivity contribution in [2.75, 3.05) is 44.8 Å². The zero-order valence-electron chi connectivity index (χ0n) is 16.1. The molecule has 9 nitrogen and oxygen atoms in total. The monoisotopic (exact) mass is 381 g/mol. The molecule has 1 aliphatic heterocycles. The van der Waals surface area contributed by atoms with E-state index < -0.39 is 0 Å². The van der Waals surface area contributed by atoms with Crippen molar-refractivity contribution in [3.05, 3.63) is 30.7 Å². The number of fused-ring (bicyclic) bond motifs is 1. The van der Waals surface area contributed by atoms with Crippen LogP contribution in [0.1, 0.15) is 6.42 Å². The summed E-state index contributed by atoms with van der Waals surface area (Å²) in [5, 5.41) is 5.28. The molecule has 1 saturated heterocycles. The molecular formula is C19H23N7O2. The average molecular weight is 381 g/mol. The Labute approximate surface area is 163 Å². The van der Waals surface area contributed by atoms with Crippen molar-refractivity contribution in [3.8, 4) is 11.4 Å². The average Bonchev–Trinajstić information content (AvgIpc) is 2.93. The quantitative estimate of drug-likeness (QED) is 0.669. The van der Waals surface area contributed by atoms with Crippen LogP contribution < -0.4 is 4.90 Å². The molecule has 28 heavy (non-hydrogen) atoms. The van der Waals surface area contributed by atoms with E-state index in [1.54, 1.807) is 30.4 Å². The Kier molecular flexibility index (Phi) is 5.16. The first-order chi connectivity index (χ1) is 13.7. The molecule has 4 rings (SSSR count). The van der Waals surface area contributed by atoms with Gasteiger partial charge in [0.25, 0.3) is 0 Å². The van der Waals surface area contributed by atoms with Gasteiger partial charge in [0.1, 0.15) is 12.4 Å². The highest BCUT2D eigenvalue weighted by molar-refractivity contribution is 5.88. The molecule has 0 aromatic carbocycles. The molecule has 1 fully saturated rings. The van der Waals surface area contributed by atoms with Crippen molar-refractivity contribution in [3.63, 3.8) is 0 Å². The SMILES string of the molecule is COCC(=O)N1CCCN(c2nc(-c3ccncc3)nc3c2cnn3C)CC1. The predicted octanol–water partition coefficient (Wildman–Crippen LogP) is 1.11. The number of aryl methyl sites for hydroxylation is 1. The third-order valence-corrected chi connectivity index (χ3v) is 4.93. The van der Waals surface area contributed by atoms with Gasteiger partial charge in [-0.3, -0.25) is 14.5 Å². The number of anilines is 1. The highest BCUT2D eigenvalue weighted by Crippen LogP contribution is 2.27. The lowest BCUT2D eigenvalue weighted by molar-refractivity contribution is -0.134. The van der Waals surface area contributed by atoms with Gasteiger partial charge in [0.2, 0.25) is 5.91 Å². The largest absolute Gasteiger partial charge is 0.375 e. The van der Waals surface area contributed by atoms with Gasteiger partial charge in [0.15, 0.2) is 11.5 Å². The minimum Gasteiger partial charge on any atom is -0.375 e. The third kappa shape index (κ3) is 3.53. The lowest BCUT2D eigenvalue weighted by Gasteiger charge is -2.23. The molecule has 3 aromatic rings. The smallest absolute Gasteiger partial charge is 0.248 e. The number of carbonyl (C=O) groups is 1. The molecule has 0 radical (unpaired) electrons. The van der Waals surface area contributed by atoms with Crippen LogP contribution in [0.25, 0.3) is 22.4 Å². The van der Waals surface area contributed by atoms with Gasteiger partial charge >= 0.3 is 0 Å². The predicted molar refractivity (Wildman–Crippen MR) is 105 cm³/mol. The van der Waals surface area contributed by atoms with E-state index in [4.69, 9.17) is 14.7 Å². The molecule has 1 aliphatic rings. The van der Waals surface area contributed by atoms with E-state index >= 15 is 0 Å². The summed E-state index contributed by atoms with van der Waals surface area (Å²) in [6, 6.07) is 3.80. The Morgan fingerprint density at radius 3 is 2.75 bits per heavy atom. The van der Waals surface area contributed by atoms with Crippen molar-refractivity contribution in [1.29, 1.82) is 0 Å². The van der Waals surface area contributed by atoms with Gasteiger partial charge in [0.05, 0.1) is 11.6 Å². The van der Waals surface area contributed by atoms with Gasteiger partial charge in [-0.05, 0) is 18.6 Å². The zero-order chi connectivity index (χ0) is 19.5. The molecule has 0 saturated carbocycles. The normalized spacial score (nSPS) is 15.1. The second-order valence-corrected chi connectivity index (χ2v) is 6.77. The minimum atomic E-state index is 0.0241. The van der Waals surface area contributed by atoms with Crippen LogP contribution >= 0.6 is 0 Å². The van der Waals surface area contributed by atoms with Gasteiger partial charge < -0.3 is 14.5 Å². The highest BCUT2D eigenvalue weighted by atomic mass is 16.5. The molecule has 4 heterocycles. The van der Waals surface area contributed by atoms with Gasteiger partial charge in [-0.1, -0.05) is 0 Å². The summed E-state index contributed by atoms with van der Waals surface area (Å²) in [6.07, 6.45) is 6.14. The Bertz CT molecular complexity index is 973. The number of hydrogen-bond acceptors (Lipinski definition) is 7. The number of ether oxygens (including phenoxy) is 1. The van der Waals surface area contributed by atoms with Crippen LogP contribution in [0.5, 0.6) is 0 Å². The second kappa shape index (κ2) is 7.89. The van der Waals surface area contributed by atoms with Crippen LogP contribution in [-0.2, 0) is 16.6 Å². The van der Waals surface area contributed by atoms with Crippen molar-refractivity contribution >= 4 is 22.8 Å². The van der Waals surface area contributed by atoms with Gasteiger partial charge in [-0.2, -0.15) is 5.10 Å². The first-order valence-electron chi connectivity index (χ1n) is 9.29. The molecule has 0 bridgehead atoms. The molecule has 0 atom stereocenters. The summed E-state index contributed by atoms with van der Waals surface area (Å²) >= 11 is 0. The number of aromatic nitrogens is 5. The van der Waals surface area contributed by atoms with Crippen LogP contribution in [0.15, 0.2) is 30.7 Å². The number of pyridine rings is 1. The van der Waals surface area contributed by atoms with E-state index in [-0.39, 0.29) is 12.5 Å². The molecule has 1 amide bonds. The Balaban J connectivity index is 1.69. The number of methoxy groups -OCH3 is 1. The fraction of sp³-hybridized carbons (Fsp3) is 0.421. The number of hydrogen-bond donors (Lipinski definition) is 0. The first-order valence-corrected chi connectivity index (χ1v) is 9.29. The number of rotatable bonds is 4. The molecule has 3 aromatic heterocycles. The van der Waals surface area contributed by atoms with E-state index in [2.05, 4.69) is 15.0 Å². The molecule has 9 heteroatoms. The minimum absolute atomic E-state index is 0.0241. The lowest BCUT2D eigenvalue weighted by atomic mass is 10.2. The summed E-state index contributed by atoms with van der Waals surface area (Å²) in [5.74, 6) is 1.52. The van der Waals surface area contributed by atoms with Crippen LogP contribution in [-0.4, -0.2) is 75.4 Å². The Morgan fingerprint density at radius 1 is 1.14 bits per heavy atom. The summed E-state index contributed by atoms with van der Waals surface area (Å²) in [7, 11) is 3.42. The van der Waals surface area contributed by atoms with E-state index in [0.717, 1.165) is 41.9 Å². The Hall–Kier alpha value is -3.07. The summed E-state index contributed by atoms with van der Waals surface area (Å²) < 4.78 is 6.75. The lowest BCUT2D eigenvalue weighted by Crippen LogP contribution is -2.37. The van der Waals surface area contributed by atoms with Crippen molar-refractivity contribution in [2.45, 2.75) is 6.42 Å². The van der Waals surface area contributed by atoms with Gasteiger partial charge in [-0.25, -0.2) is 9.97 Å². The van der Waals surface area contributed by atoms with Crippen LogP contribution in [0, 0.1) is 0 Å². The molecule has 0 aliphatic carbocycles. The Morgan fingerprint density at radius 2 is 1.96 bits per heavy atom. The highest BCUT2D eigenvalue weighted by Gasteiger charge is 2.23. The number of nitrogens with zero attached hydrogens (tertiary/aromatic N) is 7. The first kappa shape index (κ1) is 18.3. The fourth-order valence-electron chi connectivity index (χ4n) is 3.47. The summed E-state index contributed by atoms with van der Waals surface area (Å²) in [5.41, 5.74) is 1.69. The third-order valence-electron chi connectivity index (χ3n) is 4.93. The maximum Gasteiger partial charge on any atom is 0.248 e. The number of carbonyl (C=O) groups excluding carboxylic acids is 1. The maximum atomic E-state index is 12.2. The topological polar surface area (TPSA) is 89.3 Å². The molecular weight excluding hydrogens is 358 g/mol. The second-order valence-electron chi connectivity index (χ2n) is 6.77. The number of amides is 1. The zero-order valence-corrected chi connectivity index (χ0v) is 16.1. The molecule has 0 unspecified atom stereocenters. The molecule has 146 valence electrons. The van der Waals surface area contributed by atoms with Crippen molar-refractivity contribution in [1.82, 2.24) is 29.6 Å². The summed E-state index contributed by atoms with van der Waals surface area (Å²) in [6.45, 7) is 2.99. The van der Waals surface area contributed by atoms with E-state index in [1.165, 1.54) is 0 Å². The van der Waals surface area contributed by atoms with Crippen LogP contribution in [0.2, 0.25) is 0 Å². The maximum absolute atomic E-state index is 12.2. The van der Waals surface area contributed by atoms with E-state index in [9.17, 15) is 4.79 Å². The van der Waals surface area contributed by atoms with Crippen molar-refractivity contribution in [2.24, 2.45) is 7.05 Å².